The van der Waals surface area contributed by atoms with Crippen LogP contribution in [0, 0.1) is 12.9 Å². The van der Waals surface area contributed by atoms with Gasteiger partial charge in [0.15, 0.2) is 0 Å². The molecule has 82 valence electrons. The average Bonchev–Trinajstić information content (AvgIpc) is 2.61. The Morgan fingerprint density at radius 2 is 2.12 bits per heavy atom. The van der Waals surface area contributed by atoms with Gasteiger partial charge >= 0.3 is 5.97 Å². The number of rotatable bonds is 2. The molecule has 0 unspecified atom stereocenters. The lowest BCUT2D eigenvalue weighted by Gasteiger charge is -2.05. The number of hydrogen-bond acceptors (Lipinski definition) is 2. The number of carboxylic acids is 1. The molecule has 5 heteroatoms. The van der Waals surface area contributed by atoms with Crippen molar-refractivity contribution in [2.45, 2.75) is 6.92 Å². The maximum absolute atomic E-state index is 13.7. The van der Waals surface area contributed by atoms with Crippen LogP contribution in [-0.4, -0.2) is 20.9 Å². The molecule has 16 heavy (non-hydrogen) atoms. The first-order valence-electron chi connectivity index (χ1n) is 4.64. The van der Waals surface area contributed by atoms with Crippen LogP contribution in [0.3, 0.4) is 0 Å². The third kappa shape index (κ3) is 1.56. The Kier molecular flexibility index (Phi) is 2.44. The van der Waals surface area contributed by atoms with E-state index in [9.17, 15) is 9.18 Å². The zero-order valence-corrected chi connectivity index (χ0v) is 8.51. The summed E-state index contributed by atoms with van der Waals surface area (Å²) in [6.45, 7) is 1.80. The quantitative estimate of drug-likeness (QED) is 0.842. The summed E-state index contributed by atoms with van der Waals surface area (Å²) in [6, 6.07) is 7.04. The first-order chi connectivity index (χ1) is 7.61. The van der Waals surface area contributed by atoms with Crippen LogP contribution in [0.1, 0.15) is 15.9 Å². The van der Waals surface area contributed by atoms with E-state index in [1.165, 1.54) is 0 Å². The van der Waals surface area contributed by atoms with Crippen molar-refractivity contribution in [3.8, 4) is 5.69 Å². The molecule has 0 bridgehead atoms. The molecule has 0 fully saturated rings. The maximum atomic E-state index is 13.7. The molecule has 0 saturated carbocycles. The van der Waals surface area contributed by atoms with Gasteiger partial charge in [-0.3, -0.25) is 0 Å². The lowest BCUT2D eigenvalue weighted by Crippen LogP contribution is -2.04. The van der Waals surface area contributed by atoms with Crippen LogP contribution in [0.5, 0.6) is 0 Å². The molecule has 0 spiro atoms. The van der Waals surface area contributed by atoms with Crippen molar-refractivity contribution in [1.29, 1.82) is 0 Å². The van der Waals surface area contributed by atoms with Gasteiger partial charge in [-0.1, -0.05) is 18.2 Å². The van der Waals surface area contributed by atoms with Gasteiger partial charge in [0, 0.05) is 0 Å². The minimum Gasteiger partial charge on any atom is -0.477 e. The number of carbonyl (C=O) groups is 1. The summed E-state index contributed by atoms with van der Waals surface area (Å²) in [4.78, 5) is 10.7. The standard InChI is InChI=1S/C11H9FN2O2/c1-7-4-2-3-5-9(7)14-10(12)8(6-13-14)11(15)16/h2-6H,1H3,(H,15,16). The van der Waals surface area contributed by atoms with E-state index < -0.39 is 17.5 Å². The van der Waals surface area contributed by atoms with Crippen LogP contribution in [-0.2, 0) is 0 Å². The van der Waals surface area contributed by atoms with Crippen molar-refractivity contribution in [1.82, 2.24) is 9.78 Å². The number of aromatic carboxylic acids is 1. The van der Waals surface area contributed by atoms with Gasteiger partial charge in [0.1, 0.15) is 5.56 Å². The normalized spacial score (nSPS) is 10.4. The van der Waals surface area contributed by atoms with Crippen molar-refractivity contribution >= 4 is 5.97 Å². The van der Waals surface area contributed by atoms with Crippen molar-refractivity contribution in [2.24, 2.45) is 0 Å². The summed E-state index contributed by atoms with van der Waals surface area (Å²) in [7, 11) is 0. The smallest absolute Gasteiger partial charge is 0.342 e. The summed E-state index contributed by atoms with van der Waals surface area (Å²) in [5.74, 6) is -2.18. The van der Waals surface area contributed by atoms with E-state index in [-0.39, 0.29) is 0 Å². The topological polar surface area (TPSA) is 55.1 Å². The van der Waals surface area contributed by atoms with Crippen LogP contribution in [0.2, 0.25) is 0 Å². The SMILES string of the molecule is Cc1ccccc1-n1ncc(C(=O)O)c1F. The summed E-state index contributed by atoms with van der Waals surface area (Å²) < 4.78 is 14.7. The average molecular weight is 220 g/mol. The highest BCUT2D eigenvalue weighted by atomic mass is 19.1. The Morgan fingerprint density at radius 3 is 2.69 bits per heavy atom. The first kappa shape index (κ1) is 10.4. The molecular weight excluding hydrogens is 211 g/mol. The number of carboxylic acid groups (broad SMARTS) is 1. The second-order valence-electron chi connectivity index (χ2n) is 3.35. The predicted octanol–water partition coefficient (Wildman–Crippen LogP) is 2.02. The van der Waals surface area contributed by atoms with Crippen LogP contribution in [0.15, 0.2) is 30.5 Å². The van der Waals surface area contributed by atoms with Gasteiger partial charge in [0.05, 0.1) is 11.9 Å². The monoisotopic (exact) mass is 220 g/mol. The fraction of sp³-hybridized carbons (Fsp3) is 0.0909. The molecule has 1 N–H and O–H groups in total. The molecule has 0 aliphatic heterocycles. The van der Waals surface area contributed by atoms with Crippen molar-refractivity contribution < 1.29 is 14.3 Å². The summed E-state index contributed by atoms with van der Waals surface area (Å²) in [5.41, 5.74) is 0.928. The lowest BCUT2D eigenvalue weighted by molar-refractivity contribution is 0.0691. The molecular formula is C11H9FN2O2. The van der Waals surface area contributed by atoms with E-state index in [4.69, 9.17) is 5.11 Å². The number of halogens is 1. The van der Waals surface area contributed by atoms with E-state index >= 15 is 0 Å². The number of hydrogen-bond donors (Lipinski definition) is 1. The first-order valence-corrected chi connectivity index (χ1v) is 4.64. The van der Waals surface area contributed by atoms with Gasteiger partial charge in [0.2, 0.25) is 5.95 Å². The molecule has 0 saturated heterocycles. The summed E-state index contributed by atoms with van der Waals surface area (Å²) >= 11 is 0. The van der Waals surface area contributed by atoms with Crippen molar-refractivity contribution in [3.63, 3.8) is 0 Å². The molecule has 1 aromatic carbocycles. The predicted molar refractivity (Wildman–Crippen MR) is 55.2 cm³/mol. The fourth-order valence-corrected chi connectivity index (χ4v) is 1.45. The van der Waals surface area contributed by atoms with Gasteiger partial charge in [-0.2, -0.15) is 9.49 Å². The number of nitrogens with zero attached hydrogens (tertiary/aromatic N) is 2. The van der Waals surface area contributed by atoms with Gasteiger partial charge in [-0.25, -0.2) is 9.48 Å². The Hall–Kier alpha value is -2.17. The highest BCUT2D eigenvalue weighted by Crippen LogP contribution is 2.16. The molecule has 2 rings (SSSR count). The summed E-state index contributed by atoms with van der Waals surface area (Å²) in [5, 5.41) is 12.4. The highest BCUT2D eigenvalue weighted by molar-refractivity contribution is 5.87. The molecule has 4 nitrogen and oxygen atoms in total. The minimum absolute atomic E-state index is 0.428. The Balaban J connectivity index is 2.58. The van der Waals surface area contributed by atoms with E-state index in [0.717, 1.165) is 16.4 Å². The minimum atomic E-state index is -1.32. The van der Waals surface area contributed by atoms with Gasteiger partial charge in [-0.15, -0.1) is 0 Å². The molecule has 0 radical (unpaired) electrons. The van der Waals surface area contributed by atoms with Crippen LogP contribution >= 0.6 is 0 Å². The third-order valence-corrected chi connectivity index (χ3v) is 2.28. The van der Waals surface area contributed by atoms with Crippen molar-refractivity contribution in [2.75, 3.05) is 0 Å². The molecule has 0 aliphatic carbocycles. The number of aryl methyl sites for hydroxylation is 1. The molecule has 0 amide bonds. The van der Waals surface area contributed by atoms with Crippen LogP contribution in [0.4, 0.5) is 4.39 Å². The van der Waals surface area contributed by atoms with E-state index in [0.29, 0.717) is 5.69 Å². The maximum Gasteiger partial charge on any atom is 0.342 e. The molecule has 1 aromatic heterocycles. The van der Waals surface area contributed by atoms with Crippen LogP contribution in [0.25, 0.3) is 5.69 Å². The van der Waals surface area contributed by atoms with Gasteiger partial charge < -0.3 is 5.11 Å². The zero-order valence-electron chi connectivity index (χ0n) is 8.51. The van der Waals surface area contributed by atoms with Gasteiger partial charge in [-0.05, 0) is 18.6 Å². The number of aromatic nitrogens is 2. The lowest BCUT2D eigenvalue weighted by atomic mass is 10.2. The highest BCUT2D eigenvalue weighted by Gasteiger charge is 2.17. The largest absolute Gasteiger partial charge is 0.477 e. The van der Waals surface area contributed by atoms with E-state index in [1.54, 1.807) is 25.1 Å². The molecule has 0 atom stereocenters. The molecule has 1 heterocycles. The second kappa shape index (κ2) is 3.77. The van der Waals surface area contributed by atoms with Gasteiger partial charge in [0.25, 0.3) is 0 Å². The second-order valence-corrected chi connectivity index (χ2v) is 3.35. The number of benzene rings is 1. The van der Waals surface area contributed by atoms with E-state index in [1.807, 2.05) is 6.07 Å². The number of para-hydroxylation sites is 1. The summed E-state index contributed by atoms with van der Waals surface area (Å²) in [6.07, 6.45) is 1.00. The third-order valence-electron chi connectivity index (χ3n) is 2.28. The Bertz CT molecular complexity index is 549. The molecule has 2 aromatic rings. The zero-order chi connectivity index (χ0) is 11.7. The van der Waals surface area contributed by atoms with Crippen LogP contribution < -0.4 is 0 Å². The fourth-order valence-electron chi connectivity index (χ4n) is 1.45. The Labute approximate surface area is 90.9 Å². The Morgan fingerprint density at radius 1 is 1.44 bits per heavy atom. The van der Waals surface area contributed by atoms with Crippen molar-refractivity contribution in [3.05, 3.63) is 47.5 Å². The molecule has 0 aliphatic rings. The van der Waals surface area contributed by atoms with E-state index in [2.05, 4.69) is 5.10 Å².